The van der Waals surface area contributed by atoms with Gasteiger partial charge in [0.2, 0.25) is 5.91 Å². The molecule has 2 aromatic carbocycles. The molecule has 1 amide bonds. The van der Waals surface area contributed by atoms with Gasteiger partial charge in [-0.15, -0.1) is 0 Å². The number of amides is 1. The third-order valence-electron chi connectivity index (χ3n) is 4.18. The number of methoxy groups -OCH3 is 3. The van der Waals surface area contributed by atoms with Crippen LogP contribution in [-0.4, -0.2) is 51.7 Å². The second-order valence-corrected chi connectivity index (χ2v) is 6.33. The zero-order chi connectivity index (χ0) is 20.5. The highest BCUT2D eigenvalue weighted by Crippen LogP contribution is 2.27. The first-order chi connectivity index (χ1) is 13.5. The van der Waals surface area contributed by atoms with E-state index in [1.807, 2.05) is 30.1 Å². The van der Waals surface area contributed by atoms with Gasteiger partial charge in [-0.05, 0) is 42.4 Å². The van der Waals surface area contributed by atoms with Gasteiger partial charge in [0, 0.05) is 13.1 Å². The first-order valence-electron chi connectivity index (χ1n) is 8.80. The molecule has 2 rings (SSSR count). The fourth-order valence-corrected chi connectivity index (χ4v) is 2.72. The molecule has 0 aliphatic rings. The first-order valence-corrected chi connectivity index (χ1v) is 8.80. The summed E-state index contributed by atoms with van der Waals surface area (Å²) in [5, 5.41) is 2.88. The molecular formula is C21H26N2O5. The van der Waals surface area contributed by atoms with Gasteiger partial charge in [0.1, 0.15) is 0 Å². The lowest BCUT2D eigenvalue weighted by molar-refractivity contribution is -0.122. The number of esters is 1. The van der Waals surface area contributed by atoms with Gasteiger partial charge in [-0.25, -0.2) is 4.79 Å². The number of nitrogens with one attached hydrogen (secondary N) is 1. The summed E-state index contributed by atoms with van der Waals surface area (Å²) < 4.78 is 15.2. The van der Waals surface area contributed by atoms with E-state index < -0.39 is 0 Å². The van der Waals surface area contributed by atoms with Gasteiger partial charge < -0.3 is 19.5 Å². The molecule has 150 valence electrons. The van der Waals surface area contributed by atoms with Crippen molar-refractivity contribution in [3.8, 4) is 11.5 Å². The zero-order valence-electron chi connectivity index (χ0n) is 16.7. The quantitative estimate of drug-likeness (QED) is 0.666. The van der Waals surface area contributed by atoms with Crippen molar-refractivity contribution in [2.24, 2.45) is 0 Å². The smallest absolute Gasteiger partial charge is 0.337 e. The van der Waals surface area contributed by atoms with E-state index in [-0.39, 0.29) is 18.4 Å². The molecule has 0 aliphatic heterocycles. The van der Waals surface area contributed by atoms with E-state index in [1.165, 1.54) is 7.11 Å². The second kappa shape index (κ2) is 10.3. The summed E-state index contributed by atoms with van der Waals surface area (Å²) in [5.41, 5.74) is 2.40. The summed E-state index contributed by atoms with van der Waals surface area (Å²) in [5.74, 6) is 0.866. The number of ether oxygens (including phenoxy) is 3. The Labute approximate surface area is 165 Å². The molecule has 0 atom stereocenters. The maximum atomic E-state index is 12.2. The zero-order valence-corrected chi connectivity index (χ0v) is 16.7. The van der Waals surface area contributed by atoms with Crippen molar-refractivity contribution < 1.29 is 23.8 Å². The van der Waals surface area contributed by atoms with Crippen molar-refractivity contribution in [2.75, 3.05) is 34.9 Å². The van der Waals surface area contributed by atoms with Crippen molar-refractivity contribution in [1.29, 1.82) is 0 Å². The van der Waals surface area contributed by atoms with Crippen LogP contribution in [0.25, 0.3) is 0 Å². The Bertz CT molecular complexity index is 805. The van der Waals surface area contributed by atoms with E-state index in [2.05, 4.69) is 10.1 Å². The Morgan fingerprint density at radius 3 is 2.18 bits per heavy atom. The lowest BCUT2D eigenvalue weighted by atomic mass is 10.1. The predicted molar refractivity (Wildman–Crippen MR) is 106 cm³/mol. The molecule has 0 bridgehead atoms. The van der Waals surface area contributed by atoms with Gasteiger partial charge in [0.05, 0.1) is 33.4 Å². The highest BCUT2D eigenvalue weighted by molar-refractivity contribution is 5.89. The second-order valence-electron chi connectivity index (χ2n) is 6.33. The van der Waals surface area contributed by atoms with Crippen LogP contribution in [0, 0.1) is 0 Å². The topological polar surface area (TPSA) is 77.1 Å². The summed E-state index contributed by atoms with van der Waals surface area (Å²) in [6, 6.07) is 12.6. The number of hydrogen-bond donors (Lipinski definition) is 1. The average Bonchev–Trinajstić information content (AvgIpc) is 2.71. The van der Waals surface area contributed by atoms with Crippen LogP contribution in [0.4, 0.5) is 0 Å². The standard InChI is InChI=1S/C21H26N2O5/c1-23(13-16-7-10-18(26-2)19(11-16)27-3)14-20(24)22-12-15-5-8-17(9-6-15)21(25)28-4/h5-11H,12-14H2,1-4H3,(H,22,24). The van der Waals surface area contributed by atoms with Gasteiger partial charge in [0.15, 0.2) is 11.5 Å². The van der Waals surface area contributed by atoms with Crippen molar-refractivity contribution in [3.05, 3.63) is 59.2 Å². The summed E-state index contributed by atoms with van der Waals surface area (Å²) in [6.07, 6.45) is 0. The van der Waals surface area contributed by atoms with Crippen molar-refractivity contribution in [1.82, 2.24) is 10.2 Å². The Morgan fingerprint density at radius 1 is 0.929 bits per heavy atom. The maximum Gasteiger partial charge on any atom is 0.337 e. The highest BCUT2D eigenvalue weighted by Gasteiger charge is 2.10. The number of carbonyl (C=O) groups is 2. The van der Waals surface area contributed by atoms with Gasteiger partial charge in [-0.3, -0.25) is 9.69 Å². The number of rotatable bonds is 9. The van der Waals surface area contributed by atoms with Crippen LogP contribution in [0.5, 0.6) is 11.5 Å². The summed E-state index contributed by atoms with van der Waals surface area (Å²) in [7, 11) is 6.41. The number of hydrogen-bond acceptors (Lipinski definition) is 6. The van der Waals surface area contributed by atoms with E-state index in [9.17, 15) is 9.59 Å². The van der Waals surface area contributed by atoms with Crippen molar-refractivity contribution >= 4 is 11.9 Å². The lowest BCUT2D eigenvalue weighted by Gasteiger charge is -2.17. The number of benzene rings is 2. The van der Waals surface area contributed by atoms with Crippen LogP contribution in [0.3, 0.4) is 0 Å². The molecule has 0 fully saturated rings. The Hall–Kier alpha value is -3.06. The largest absolute Gasteiger partial charge is 0.493 e. The predicted octanol–water partition coefficient (Wildman–Crippen LogP) is 2.24. The van der Waals surface area contributed by atoms with E-state index in [1.54, 1.807) is 38.5 Å². The Morgan fingerprint density at radius 2 is 1.57 bits per heavy atom. The molecule has 7 heteroatoms. The number of carbonyl (C=O) groups excluding carboxylic acids is 2. The average molecular weight is 386 g/mol. The lowest BCUT2D eigenvalue weighted by Crippen LogP contribution is -2.34. The van der Waals surface area contributed by atoms with Gasteiger partial charge in [-0.2, -0.15) is 0 Å². The van der Waals surface area contributed by atoms with Crippen LogP contribution in [0.2, 0.25) is 0 Å². The molecule has 0 heterocycles. The van der Waals surface area contributed by atoms with Crippen LogP contribution in [-0.2, 0) is 22.6 Å². The molecule has 0 aliphatic carbocycles. The van der Waals surface area contributed by atoms with Gasteiger partial charge in [-0.1, -0.05) is 18.2 Å². The molecule has 0 saturated heterocycles. The number of nitrogens with zero attached hydrogens (tertiary/aromatic N) is 1. The normalized spacial score (nSPS) is 10.5. The minimum Gasteiger partial charge on any atom is -0.493 e. The van der Waals surface area contributed by atoms with Crippen molar-refractivity contribution in [2.45, 2.75) is 13.1 Å². The van der Waals surface area contributed by atoms with Crippen LogP contribution in [0.15, 0.2) is 42.5 Å². The van der Waals surface area contributed by atoms with E-state index in [4.69, 9.17) is 9.47 Å². The molecule has 7 nitrogen and oxygen atoms in total. The molecule has 28 heavy (non-hydrogen) atoms. The molecule has 0 spiro atoms. The number of likely N-dealkylation sites (N-methyl/N-ethyl adjacent to an activating group) is 1. The monoisotopic (exact) mass is 386 g/mol. The molecule has 2 aromatic rings. The summed E-state index contributed by atoms with van der Waals surface area (Å²) in [6.45, 7) is 1.25. The maximum absolute atomic E-state index is 12.2. The third kappa shape index (κ3) is 5.99. The highest BCUT2D eigenvalue weighted by atomic mass is 16.5. The summed E-state index contributed by atoms with van der Waals surface area (Å²) >= 11 is 0. The van der Waals surface area contributed by atoms with Gasteiger partial charge in [0.25, 0.3) is 0 Å². The van der Waals surface area contributed by atoms with Crippen molar-refractivity contribution in [3.63, 3.8) is 0 Å². The third-order valence-corrected chi connectivity index (χ3v) is 4.18. The molecule has 0 aromatic heterocycles. The SMILES string of the molecule is COC(=O)c1ccc(CNC(=O)CN(C)Cc2ccc(OC)c(OC)c2)cc1. The minimum atomic E-state index is -0.382. The molecular weight excluding hydrogens is 360 g/mol. The van der Waals surface area contributed by atoms with Gasteiger partial charge >= 0.3 is 5.97 Å². The Balaban J connectivity index is 1.83. The molecule has 1 N–H and O–H groups in total. The van der Waals surface area contributed by atoms with Crippen LogP contribution in [0.1, 0.15) is 21.5 Å². The molecule has 0 saturated carbocycles. The van der Waals surface area contributed by atoms with E-state index in [0.29, 0.717) is 30.2 Å². The summed E-state index contributed by atoms with van der Waals surface area (Å²) in [4.78, 5) is 25.5. The first kappa shape index (κ1) is 21.2. The van der Waals surface area contributed by atoms with E-state index >= 15 is 0 Å². The fourth-order valence-electron chi connectivity index (χ4n) is 2.72. The van der Waals surface area contributed by atoms with E-state index in [0.717, 1.165) is 11.1 Å². The Kier molecular flexibility index (Phi) is 7.83. The fraction of sp³-hybridized carbons (Fsp3) is 0.333. The van der Waals surface area contributed by atoms with Crippen LogP contribution < -0.4 is 14.8 Å². The molecule has 0 radical (unpaired) electrons. The minimum absolute atomic E-state index is 0.0833. The van der Waals surface area contributed by atoms with Crippen LogP contribution >= 0.6 is 0 Å². The molecule has 0 unspecified atom stereocenters.